The van der Waals surface area contributed by atoms with Crippen LogP contribution in [0.1, 0.15) is 44.5 Å². The van der Waals surface area contributed by atoms with Crippen molar-refractivity contribution in [3.05, 3.63) is 149 Å². The molecule has 0 saturated heterocycles. The van der Waals surface area contributed by atoms with Crippen LogP contribution in [0.3, 0.4) is 0 Å². The fraction of sp³-hybridized carbons (Fsp3) is 0.200. The Hall–Kier alpha value is -5.85. The molecule has 2 heterocycles. The highest BCUT2D eigenvalue weighted by Gasteiger charge is 2.47. The Kier molecular flexibility index (Phi) is 14.5. The van der Waals surface area contributed by atoms with Crippen molar-refractivity contribution in [2.45, 2.75) is 49.4 Å². The summed E-state index contributed by atoms with van der Waals surface area (Å²) in [6, 6.07) is -2.45. The summed E-state index contributed by atoms with van der Waals surface area (Å²) >= 11 is -0.583. The molecule has 0 aliphatic heterocycles. The lowest BCUT2D eigenvalue weighted by atomic mass is 9.12. The lowest BCUT2D eigenvalue weighted by Gasteiger charge is -2.46. The van der Waals surface area contributed by atoms with Gasteiger partial charge in [0, 0.05) is 24.3 Å². The number of rotatable bonds is 6. The molecule has 70 heavy (non-hydrogen) atoms. The quantitative estimate of drug-likeness (QED) is 0.0992. The van der Waals surface area contributed by atoms with E-state index in [4.69, 9.17) is 19.0 Å². The summed E-state index contributed by atoms with van der Waals surface area (Å²) in [6.07, 6.45) is -54.8. The first-order valence-corrected chi connectivity index (χ1v) is 20.2. The average molecular weight is 1160 g/mol. The van der Waals surface area contributed by atoms with Crippen LogP contribution in [0.5, 0.6) is 11.9 Å². The summed E-state index contributed by atoms with van der Waals surface area (Å²) in [5.41, 5.74) is -30.2. The Morgan fingerprint density at radius 1 is 0.286 bits per heavy atom. The Morgan fingerprint density at radius 2 is 0.457 bits per heavy atom. The lowest BCUT2D eigenvalue weighted by molar-refractivity contribution is -0.636. The van der Waals surface area contributed by atoms with E-state index in [9.17, 15) is 105 Å². The van der Waals surface area contributed by atoms with Crippen molar-refractivity contribution in [3.63, 3.8) is 0 Å². The third kappa shape index (κ3) is 12.5. The van der Waals surface area contributed by atoms with Crippen LogP contribution in [0.15, 0.2) is 106 Å². The van der Waals surface area contributed by atoms with E-state index in [2.05, 4.69) is 0 Å². The molecule has 380 valence electrons. The SMILES string of the molecule is FC(F)(F)c1cc([B-](c2cc(C(F)(F)F)cc(C(F)(F)F)c2)(c2cc(C(F)(F)F)cc(C(F)(F)F)c2)c2cc(C(F)(F)F)cc(C(F)(F)F)c2)cc(C(F)(F)F)c1.Oc1ccc([I+]c2ccc(O)o2)o1. The molecule has 0 atom stereocenters. The topological polar surface area (TPSA) is 66.7 Å². The number of alkyl halides is 24. The molecule has 6 rings (SSSR count). The molecule has 0 fully saturated rings. The minimum absolute atomic E-state index is 0.0921. The molecule has 0 unspecified atom stereocenters. The molecule has 0 radical (unpaired) electrons. The van der Waals surface area contributed by atoms with Gasteiger partial charge in [-0.1, -0.05) is 48.5 Å². The maximum absolute atomic E-state index is 14.2. The Balaban J connectivity index is 0.000000600. The van der Waals surface area contributed by atoms with E-state index >= 15 is 0 Å². The fourth-order valence-corrected chi connectivity index (χ4v) is 8.79. The smallest absolute Gasteiger partial charge is 0.443 e. The summed E-state index contributed by atoms with van der Waals surface area (Å²) in [5, 5.41) is 17.8. The summed E-state index contributed by atoms with van der Waals surface area (Å²) < 4.78 is 352. The van der Waals surface area contributed by atoms with Gasteiger partial charge in [0.2, 0.25) is 0 Å². The van der Waals surface area contributed by atoms with Gasteiger partial charge in [-0.15, -0.1) is 0 Å². The second-order valence-electron chi connectivity index (χ2n) is 14.5. The molecule has 4 nitrogen and oxygen atoms in total. The van der Waals surface area contributed by atoms with Crippen LogP contribution in [0.2, 0.25) is 0 Å². The van der Waals surface area contributed by atoms with Crippen LogP contribution in [0.25, 0.3) is 0 Å². The van der Waals surface area contributed by atoms with Crippen LogP contribution >= 0.6 is 0 Å². The first-order valence-electron chi connectivity index (χ1n) is 18.1. The minimum atomic E-state index is -6.13. The second-order valence-corrected chi connectivity index (χ2v) is 17.1. The maximum Gasteiger partial charge on any atom is 0.443 e. The monoisotopic (exact) mass is 1160 g/mol. The number of aromatic hydroxyl groups is 2. The van der Waals surface area contributed by atoms with E-state index < -0.39 is 216 Å². The van der Waals surface area contributed by atoms with Gasteiger partial charge in [-0.05, 0) is 24.3 Å². The Morgan fingerprint density at radius 3 is 0.586 bits per heavy atom. The number of hydrogen-bond donors (Lipinski definition) is 2. The maximum atomic E-state index is 14.2. The van der Waals surface area contributed by atoms with Crippen LogP contribution in [-0.4, -0.2) is 16.4 Å². The molecule has 6 aromatic rings. The standard InChI is InChI=1S/C32H12BF24.C8H5IO4/c34-25(35,36)13-1-14(26(37,38)39)6-21(5-13)33(22-7-15(27(40,41)42)2-16(8-22)28(43,44)45,23-9-17(29(46,47)48)3-18(10-23)30(49,50)51)24-11-19(31(52,53)54)4-20(12-24)32(55,56)57;10-7-3-1-5(12-7)9-6-2-4-8(11)13-6/h1-12H;1-4H,(H-,10,11)/q-1;/p+1. The minimum Gasteiger partial charge on any atom is -0.481 e. The zero-order valence-corrected chi connectivity index (χ0v) is 35.1. The number of hydrogen-bond acceptors (Lipinski definition) is 4. The van der Waals surface area contributed by atoms with Crippen molar-refractivity contribution in [3.8, 4) is 11.9 Å². The van der Waals surface area contributed by atoms with E-state index in [1.54, 1.807) is 12.1 Å². The molecule has 0 aliphatic rings. The summed E-state index contributed by atoms with van der Waals surface area (Å²) in [4.78, 5) is 0. The van der Waals surface area contributed by atoms with Gasteiger partial charge in [0.25, 0.3) is 11.9 Å². The molecule has 2 aromatic heterocycles. The highest BCUT2D eigenvalue weighted by Crippen LogP contribution is 2.41. The Bertz CT molecular complexity index is 2360. The molecule has 0 spiro atoms. The highest BCUT2D eigenvalue weighted by molar-refractivity contribution is 7.20. The largest absolute Gasteiger partial charge is 0.481 e. The zero-order valence-electron chi connectivity index (χ0n) is 33.0. The fourth-order valence-electron chi connectivity index (χ4n) is 6.87. The number of benzene rings is 4. The Labute approximate surface area is 383 Å². The third-order valence-electron chi connectivity index (χ3n) is 9.74. The van der Waals surface area contributed by atoms with Gasteiger partial charge >= 0.3 is 78.1 Å². The number of halogens is 25. The van der Waals surface area contributed by atoms with Crippen LogP contribution in [-0.2, 0) is 49.4 Å². The molecular formula is C40H18BF24IO4. The molecule has 2 N–H and O–H groups in total. The van der Waals surface area contributed by atoms with Crippen LogP contribution in [0, 0.1) is 7.53 Å². The van der Waals surface area contributed by atoms with Crippen molar-refractivity contribution in [2.75, 3.05) is 0 Å². The second kappa shape index (κ2) is 18.4. The normalized spacial score (nSPS) is 13.6. The highest BCUT2D eigenvalue weighted by atomic mass is 127. The predicted octanol–water partition coefficient (Wildman–Crippen LogP) is 9.63. The van der Waals surface area contributed by atoms with Gasteiger partial charge in [0.15, 0.2) is 0 Å². The van der Waals surface area contributed by atoms with Gasteiger partial charge in [-0.3, -0.25) is 0 Å². The van der Waals surface area contributed by atoms with Crippen molar-refractivity contribution < 1.29 is 146 Å². The van der Waals surface area contributed by atoms with Crippen LogP contribution < -0.4 is 43.1 Å². The van der Waals surface area contributed by atoms with Crippen LogP contribution in [0.4, 0.5) is 105 Å². The van der Waals surface area contributed by atoms with Gasteiger partial charge < -0.3 is 19.0 Å². The molecule has 0 bridgehead atoms. The zero-order chi connectivity index (χ0) is 53.2. The van der Waals surface area contributed by atoms with Crippen molar-refractivity contribution in [1.29, 1.82) is 0 Å². The van der Waals surface area contributed by atoms with E-state index in [0.717, 1.165) is 0 Å². The average Bonchev–Trinajstić information content (AvgIpc) is 3.81. The van der Waals surface area contributed by atoms with Crippen molar-refractivity contribution in [2.24, 2.45) is 0 Å². The predicted molar refractivity (Wildman–Crippen MR) is 188 cm³/mol. The molecule has 4 aromatic carbocycles. The lowest BCUT2D eigenvalue weighted by Crippen LogP contribution is -3.61. The first-order chi connectivity index (χ1) is 31.5. The molecule has 0 aliphatic carbocycles. The van der Waals surface area contributed by atoms with Crippen molar-refractivity contribution in [1.82, 2.24) is 0 Å². The van der Waals surface area contributed by atoms with E-state index in [1.165, 1.54) is 12.1 Å². The molecule has 30 heteroatoms. The van der Waals surface area contributed by atoms with E-state index in [-0.39, 0.29) is 11.9 Å². The summed E-state index contributed by atoms with van der Waals surface area (Å²) in [5.74, 6) is -0.184. The van der Waals surface area contributed by atoms with Gasteiger partial charge in [0.1, 0.15) is 6.15 Å². The van der Waals surface area contributed by atoms with Gasteiger partial charge in [0.05, 0.1) is 44.5 Å². The number of furan rings is 2. The first kappa shape index (κ1) is 55.1. The molecule has 0 amide bonds. The van der Waals surface area contributed by atoms with E-state index in [0.29, 0.717) is 7.53 Å². The van der Waals surface area contributed by atoms with Gasteiger partial charge in [-0.25, -0.2) is 0 Å². The summed E-state index contributed by atoms with van der Waals surface area (Å²) in [6.45, 7) is 0. The van der Waals surface area contributed by atoms with Crippen molar-refractivity contribution >= 4 is 28.0 Å². The van der Waals surface area contributed by atoms with E-state index in [1.807, 2.05) is 0 Å². The van der Waals surface area contributed by atoms with Gasteiger partial charge in [-0.2, -0.15) is 127 Å². The summed E-state index contributed by atoms with van der Waals surface area (Å²) in [7, 11) is 0. The molecular weight excluding hydrogens is 1140 g/mol. The molecule has 0 saturated carbocycles. The third-order valence-corrected chi connectivity index (χ3v) is 12.0.